The molecule has 16 nitrogen and oxygen atoms in total. The number of hydrogen-bond acceptors (Lipinski definition) is 11. The summed E-state index contributed by atoms with van der Waals surface area (Å²) in [5.74, 6) is -1.14. The third-order valence-corrected chi connectivity index (χ3v) is 12.4. The number of amides is 7. The van der Waals surface area contributed by atoms with Gasteiger partial charge in [-0.1, -0.05) is 12.1 Å². The first-order chi connectivity index (χ1) is 27.0. The number of likely N-dealkylation sites (N-methyl/N-ethyl adjacent to an activating group) is 1. The van der Waals surface area contributed by atoms with Crippen LogP contribution in [0.1, 0.15) is 68.1 Å². The van der Waals surface area contributed by atoms with Crippen molar-refractivity contribution in [2.75, 3.05) is 74.1 Å². The Morgan fingerprint density at radius 1 is 0.821 bits per heavy atom. The molecule has 290 valence electrons. The number of nitrogens with two attached hydrogens (primary N) is 1. The van der Waals surface area contributed by atoms with Gasteiger partial charge in [-0.25, -0.2) is 14.8 Å². The molecule has 0 spiro atoms. The van der Waals surface area contributed by atoms with Crippen LogP contribution in [0.2, 0.25) is 0 Å². The molecule has 3 N–H and O–H groups in total. The van der Waals surface area contributed by atoms with E-state index < -0.39 is 35.6 Å². The zero-order valence-electron chi connectivity index (χ0n) is 31.2. The minimum absolute atomic E-state index is 0.0615. The lowest BCUT2D eigenvalue weighted by Crippen LogP contribution is -2.54. The first-order valence-electron chi connectivity index (χ1n) is 19.4. The third kappa shape index (κ3) is 6.26. The Hall–Kier alpha value is -6.06. The monoisotopic (exact) mass is 760 g/mol. The van der Waals surface area contributed by atoms with Gasteiger partial charge in [-0.3, -0.25) is 34.2 Å². The van der Waals surface area contributed by atoms with E-state index in [0.717, 1.165) is 80.5 Å². The Balaban J connectivity index is 0.833. The zero-order valence-corrected chi connectivity index (χ0v) is 31.2. The molecule has 3 aromatic rings. The maximum absolute atomic E-state index is 13.4. The van der Waals surface area contributed by atoms with Gasteiger partial charge in [0.05, 0.1) is 29.1 Å². The van der Waals surface area contributed by atoms with Crippen LogP contribution in [0.5, 0.6) is 0 Å². The van der Waals surface area contributed by atoms with Gasteiger partial charge >= 0.3 is 6.03 Å². The van der Waals surface area contributed by atoms with Crippen molar-refractivity contribution in [3.63, 3.8) is 0 Å². The Bertz CT molecular complexity index is 2150. The molecule has 0 bridgehead atoms. The summed E-state index contributed by atoms with van der Waals surface area (Å²) in [7, 11) is 1.83. The van der Waals surface area contributed by atoms with Crippen molar-refractivity contribution in [1.82, 2.24) is 30.0 Å². The number of urea groups is 1. The molecule has 6 aliphatic heterocycles. The number of nitrogens with zero attached hydrogens (tertiary/aromatic N) is 8. The van der Waals surface area contributed by atoms with Gasteiger partial charge in [0, 0.05) is 95.5 Å². The minimum atomic E-state index is -0.988. The molecule has 5 fully saturated rings. The predicted octanol–water partition coefficient (Wildman–Crippen LogP) is 1.48. The van der Waals surface area contributed by atoms with E-state index in [1.165, 1.54) is 0 Å². The summed E-state index contributed by atoms with van der Waals surface area (Å²) in [5, 5.41) is 2.24. The number of aromatic nitrogens is 2. The first kappa shape index (κ1) is 35.6. The average Bonchev–Trinajstić information content (AvgIpc) is 3.93. The highest BCUT2D eigenvalue weighted by Gasteiger charge is 2.46. The van der Waals surface area contributed by atoms with Gasteiger partial charge in [-0.15, -0.1) is 0 Å². The lowest BCUT2D eigenvalue weighted by molar-refractivity contribution is -0.136. The summed E-state index contributed by atoms with van der Waals surface area (Å²) in [6.07, 6.45) is 4.08. The van der Waals surface area contributed by atoms with Gasteiger partial charge in [-0.2, -0.15) is 0 Å². The number of imide groups is 2. The third-order valence-electron chi connectivity index (χ3n) is 12.4. The number of primary amides is 1. The number of fused-ring (bicyclic) bond motifs is 2. The number of nitrogens with one attached hydrogen (secondary N) is 1. The topological polar surface area (TPSA) is 186 Å². The number of carbonyl (C=O) groups is 6. The van der Waals surface area contributed by atoms with Crippen molar-refractivity contribution >= 4 is 52.8 Å². The molecule has 7 heterocycles. The Morgan fingerprint density at radius 3 is 2.20 bits per heavy atom. The molecule has 0 aliphatic carbocycles. The highest BCUT2D eigenvalue weighted by atomic mass is 16.2. The van der Waals surface area contributed by atoms with Crippen LogP contribution in [-0.2, 0) is 16.0 Å². The molecule has 4 atom stereocenters. The fourth-order valence-corrected chi connectivity index (χ4v) is 9.41. The number of anilines is 3. The van der Waals surface area contributed by atoms with Crippen molar-refractivity contribution in [2.45, 2.75) is 44.2 Å². The van der Waals surface area contributed by atoms with Gasteiger partial charge < -0.3 is 30.2 Å². The van der Waals surface area contributed by atoms with Crippen molar-refractivity contribution in [3.05, 3.63) is 76.7 Å². The molecule has 5 saturated heterocycles. The van der Waals surface area contributed by atoms with Gasteiger partial charge in [-0.05, 0) is 55.2 Å². The lowest BCUT2D eigenvalue weighted by atomic mass is 10.0. The summed E-state index contributed by atoms with van der Waals surface area (Å²) in [6.45, 7) is 6.27. The van der Waals surface area contributed by atoms with Gasteiger partial charge in [0.1, 0.15) is 17.6 Å². The molecule has 3 unspecified atom stereocenters. The standard InChI is InChI=1S/C40H44N10O6/c1-45-13-14-49(40(45)56)28-3-2-12-46(22-28)33-17-42-35(36(41)52)31(43-33)15-23-4-6-26(7-5-23)47-18-24-20-48(21-25(24)19-47)27-8-9-29-30(16-27)39(55)50(38(29)54)32-10-11-34(51)44-37(32)53/h4-9,16-17,24-25,28,32H,2-3,10-15,18-22H2,1H3,(H2,41,52)(H,44,51,53)/t24?,25?,28-,32?/m0/s1. The second-order valence-corrected chi connectivity index (χ2v) is 15.9. The SMILES string of the molecule is CN1CCN([C@H]2CCCN(c3cnc(C(N)=O)c(Cc4ccc(N5CC6CN(c7ccc8c(c7)C(=O)N(C7CCC(=O)NC7=O)C8=O)CC6C5)cc4)n3)C2)C1=O. The number of hydrogen-bond donors (Lipinski definition) is 2. The molecule has 6 aliphatic rings. The normalized spacial score (nSPS) is 25.1. The second kappa shape index (κ2) is 13.9. The molecule has 0 radical (unpaired) electrons. The smallest absolute Gasteiger partial charge is 0.320 e. The summed E-state index contributed by atoms with van der Waals surface area (Å²) in [5.41, 5.74) is 9.96. The van der Waals surface area contributed by atoms with E-state index in [0.29, 0.717) is 41.9 Å². The van der Waals surface area contributed by atoms with Crippen LogP contribution in [0, 0.1) is 11.8 Å². The van der Waals surface area contributed by atoms with Crippen LogP contribution >= 0.6 is 0 Å². The van der Waals surface area contributed by atoms with Crippen LogP contribution in [-0.4, -0.2) is 132 Å². The van der Waals surface area contributed by atoms with Crippen molar-refractivity contribution in [1.29, 1.82) is 0 Å². The fourth-order valence-electron chi connectivity index (χ4n) is 9.41. The van der Waals surface area contributed by atoms with Crippen molar-refractivity contribution < 1.29 is 28.8 Å². The molecular formula is C40H44N10O6. The Labute approximate surface area is 323 Å². The maximum Gasteiger partial charge on any atom is 0.320 e. The van der Waals surface area contributed by atoms with E-state index in [-0.39, 0.29) is 36.2 Å². The van der Waals surface area contributed by atoms with E-state index in [1.54, 1.807) is 23.2 Å². The fraction of sp³-hybridized carbons (Fsp3) is 0.450. The Kier molecular flexibility index (Phi) is 8.85. The lowest BCUT2D eigenvalue weighted by Gasteiger charge is -2.37. The van der Waals surface area contributed by atoms with Gasteiger partial charge in [0.2, 0.25) is 11.8 Å². The van der Waals surface area contributed by atoms with Crippen LogP contribution in [0.15, 0.2) is 48.7 Å². The zero-order chi connectivity index (χ0) is 38.8. The molecule has 0 saturated carbocycles. The van der Waals surface area contributed by atoms with Crippen molar-refractivity contribution in [3.8, 4) is 0 Å². The summed E-state index contributed by atoms with van der Waals surface area (Å²) in [4.78, 5) is 96.6. The molecular weight excluding hydrogens is 717 g/mol. The van der Waals surface area contributed by atoms with E-state index in [4.69, 9.17) is 10.7 Å². The number of piperidine rings is 2. The molecule has 1 aromatic heterocycles. The molecule has 7 amide bonds. The van der Waals surface area contributed by atoms with Crippen molar-refractivity contribution in [2.24, 2.45) is 17.6 Å². The summed E-state index contributed by atoms with van der Waals surface area (Å²) < 4.78 is 0. The van der Waals surface area contributed by atoms with E-state index >= 15 is 0 Å². The van der Waals surface area contributed by atoms with E-state index in [2.05, 4.69) is 49.3 Å². The number of benzene rings is 2. The highest BCUT2D eigenvalue weighted by molar-refractivity contribution is 6.23. The maximum atomic E-state index is 13.4. The first-order valence-corrected chi connectivity index (χ1v) is 19.4. The highest BCUT2D eigenvalue weighted by Crippen LogP contribution is 2.38. The van der Waals surface area contributed by atoms with E-state index in [1.807, 2.05) is 18.0 Å². The quantitative estimate of drug-likeness (QED) is 0.317. The summed E-state index contributed by atoms with van der Waals surface area (Å²) in [6, 6.07) is 12.8. The molecule has 9 rings (SSSR count). The average molecular weight is 761 g/mol. The largest absolute Gasteiger partial charge is 0.371 e. The van der Waals surface area contributed by atoms with Crippen LogP contribution < -0.4 is 25.8 Å². The summed E-state index contributed by atoms with van der Waals surface area (Å²) >= 11 is 0. The van der Waals surface area contributed by atoms with E-state index in [9.17, 15) is 28.8 Å². The Morgan fingerprint density at radius 2 is 1.52 bits per heavy atom. The number of carbonyl (C=O) groups excluding carboxylic acids is 6. The second-order valence-electron chi connectivity index (χ2n) is 15.9. The molecule has 2 aromatic carbocycles. The molecule has 16 heteroatoms. The van der Waals surface area contributed by atoms with Crippen LogP contribution in [0.25, 0.3) is 0 Å². The van der Waals surface area contributed by atoms with Gasteiger partial charge in [0.15, 0.2) is 0 Å². The van der Waals surface area contributed by atoms with Gasteiger partial charge in [0.25, 0.3) is 17.7 Å². The molecule has 56 heavy (non-hydrogen) atoms. The predicted molar refractivity (Wildman–Crippen MR) is 204 cm³/mol. The van der Waals surface area contributed by atoms with Crippen LogP contribution in [0.3, 0.4) is 0 Å². The minimum Gasteiger partial charge on any atom is -0.371 e. The van der Waals surface area contributed by atoms with Crippen LogP contribution in [0.4, 0.5) is 22.0 Å². The number of rotatable bonds is 8.